The molecule has 0 radical (unpaired) electrons. The second-order valence-corrected chi connectivity index (χ2v) is 5.03. The quantitative estimate of drug-likeness (QED) is 0.872. The van der Waals surface area contributed by atoms with E-state index in [9.17, 15) is 4.79 Å². The normalized spacial score (nSPS) is 10.3. The summed E-state index contributed by atoms with van der Waals surface area (Å²) in [5.41, 5.74) is 7.92. The summed E-state index contributed by atoms with van der Waals surface area (Å²) in [5, 5.41) is 0. The van der Waals surface area contributed by atoms with Gasteiger partial charge >= 0.3 is 5.97 Å². The lowest BCUT2D eigenvalue weighted by atomic mass is 10.1. The molecule has 0 aliphatic carbocycles. The van der Waals surface area contributed by atoms with Crippen LogP contribution in [0.4, 0.5) is 5.82 Å². The number of benzene rings is 1. The molecule has 2 rings (SSSR count). The highest BCUT2D eigenvalue weighted by atomic mass is 79.9. The van der Waals surface area contributed by atoms with Crippen LogP contribution in [0.1, 0.15) is 22.8 Å². The molecular formula is C14H14BrN3O2. The van der Waals surface area contributed by atoms with Crippen molar-refractivity contribution >= 4 is 27.7 Å². The van der Waals surface area contributed by atoms with Gasteiger partial charge in [-0.1, -0.05) is 28.1 Å². The summed E-state index contributed by atoms with van der Waals surface area (Å²) >= 11 is 3.46. The molecule has 0 bridgehead atoms. The molecule has 0 saturated heterocycles. The molecule has 0 spiro atoms. The van der Waals surface area contributed by atoms with Crippen molar-refractivity contribution in [2.24, 2.45) is 0 Å². The molecule has 5 nitrogen and oxygen atoms in total. The van der Waals surface area contributed by atoms with E-state index in [0.29, 0.717) is 5.82 Å². The standard InChI is InChI=1S/C14H14BrN3O2/c1-3-20-14(19)10-7-17-13(18-12(10)16)9-5-4-8(2)11(15)6-9/h4-7H,3H2,1-2H3,(H2,16,17,18). The Morgan fingerprint density at radius 1 is 1.45 bits per heavy atom. The molecule has 2 N–H and O–H groups in total. The van der Waals surface area contributed by atoms with Gasteiger partial charge in [-0.15, -0.1) is 0 Å². The SMILES string of the molecule is CCOC(=O)c1cnc(-c2ccc(C)c(Br)c2)nc1N. The van der Waals surface area contributed by atoms with Gasteiger partial charge in [0, 0.05) is 16.2 Å². The molecule has 2 aromatic rings. The number of halogens is 1. The van der Waals surface area contributed by atoms with Crippen molar-refractivity contribution in [2.75, 3.05) is 12.3 Å². The predicted octanol–water partition coefficient (Wildman–Crippen LogP) is 2.97. The average molecular weight is 336 g/mol. The van der Waals surface area contributed by atoms with E-state index in [2.05, 4.69) is 25.9 Å². The fourth-order valence-electron chi connectivity index (χ4n) is 1.63. The molecule has 104 valence electrons. The Labute approximate surface area is 125 Å². The monoisotopic (exact) mass is 335 g/mol. The van der Waals surface area contributed by atoms with Gasteiger partial charge in [0.2, 0.25) is 0 Å². The summed E-state index contributed by atoms with van der Waals surface area (Å²) in [6.45, 7) is 4.00. The van der Waals surface area contributed by atoms with Crippen LogP contribution in [0.25, 0.3) is 11.4 Å². The number of carbonyl (C=O) groups is 1. The van der Waals surface area contributed by atoms with Gasteiger partial charge in [0.1, 0.15) is 11.4 Å². The van der Waals surface area contributed by atoms with Crippen molar-refractivity contribution in [3.63, 3.8) is 0 Å². The molecule has 1 heterocycles. The predicted molar refractivity (Wildman–Crippen MR) is 80.3 cm³/mol. The lowest BCUT2D eigenvalue weighted by Crippen LogP contribution is -2.10. The second-order valence-electron chi connectivity index (χ2n) is 4.18. The van der Waals surface area contributed by atoms with Gasteiger partial charge in [0.15, 0.2) is 5.82 Å². The number of hydrogen-bond donors (Lipinski definition) is 1. The summed E-state index contributed by atoms with van der Waals surface area (Å²) in [6.07, 6.45) is 1.39. The molecule has 0 atom stereocenters. The molecule has 20 heavy (non-hydrogen) atoms. The van der Waals surface area contributed by atoms with Gasteiger partial charge in [0.25, 0.3) is 0 Å². The van der Waals surface area contributed by atoms with E-state index in [-0.39, 0.29) is 18.0 Å². The fraction of sp³-hybridized carbons (Fsp3) is 0.214. The zero-order chi connectivity index (χ0) is 14.7. The second kappa shape index (κ2) is 6.00. The fourth-order valence-corrected chi connectivity index (χ4v) is 2.01. The Kier molecular flexibility index (Phi) is 4.34. The molecular weight excluding hydrogens is 322 g/mol. The van der Waals surface area contributed by atoms with Crippen LogP contribution in [0.15, 0.2) is 28.9 Å². The topological polar surface area (TPSA) is 78.1 Å². The smallest absolute Gasteiger partial charge is 0.343 e. The van der Waals surface area contributed by atoms with Crippen LogP contribution in [0.2, 0.25) is 0 Å². The van der Waals surface area contributed by atoms with Gasteiger partial charge in [-0.3, -0.25) is 0 Å². The van der Waals surface area contributed by atoms with Gasteiger partial charge in [0.05, 0.1) is 6.61 Å². The van der Waals surface area contributed by atoms with E-state index in [0.717, 1.165) is 15.6 Å². The number of nitrogen functional groups attached to an aromatic ring is 1. The van der Waals surface area contributed by atoms with Crippen molar-refractivity contribution in [1.29, 1.82) is 0 Å². The minimum absolute atomic E-state index is 0.116. The molecule has 0 fully saturated rings. The van der Waals surface area contributed by atoms with E-state index in [1.807, 2.05) is 25.1 Å². The average Bonchev–Trinajstić information content (AvgIpc) is 2.42. The van der Waals surface area contributed by atoms with E-state index in [1.165, 1.54) is 6.20 Å². The minimum Gasteiger partial charge on any atom is -0.462 e. The maximum Gasteiger partial charge on any atom is 0.343 e. The van der Waals surface area contributed by atoms with E-state index in [1.54, 1.807) is 6.92 Å². The Morgan fingerprint density at radius 3 is 2.80 bits per heavy atom. The highest BCUT2D eigenvalue weighted by Crippen LogP contribution is 2.24. The van der Waals surface area contributed by atoms with E-state index < -0.39 is 5.97 Å². The Balaban J connectivity index is 2.37. The molecule has 0 aliphatic rings. The molecule has 0 saturated carbocycles. The number of anilines is 1. The number of esters is 1. The number of aryl methyl sites for hydroxylation is 1. The third kappa shape index (κ3) is 2.96. The maximum atomic E-state index is 11.6. The third-order valence-electron chi connectivity index (χ3n) is 2.74. The van der Waals surface area contributed by atoms with Crippen LogP contribution < -0.4 is 5.73 Å². The van der Waals surface area contributed by atoms with Crippen LogP contribution in [-0.2, 0) is 4.74 Å². The summed E-state index contributed by atoms with van der Waals surface area (Å²) in [4.78, 5) is 20.0. The Morgan fingerprint density at radius 2 is 2.20 bits per heavy atom. The summed E-state index contributed by atoms with van der Waals surface area (Å²) in [6, 6.07) is 5.77. The highest BCUT2D eigenvalue weighted by Gasteiger charge is 2.14. The summed E-state index contributed by atoms with van der Waals surface area (Å²) < 4.78 is 5.85. The first-order chi connectivity index (χ1) is 9.52. The zero-order valence-electron chi connectivity index (χ0n) is 11.2. The van der Waals surface area contributed by atoms with Crippen molar-refractivity contribution < 1.29 is 9.53 Å². The lowest BCUT2D eigenvalue weighted by molar-refractivity contribution is 0.0527. The van der Waals surface area contributed by atoms with Gasteiger partial charge < -0.3 is 10.5 Å². The Hall–Kier alpha value is -1.95. The zero-order valence-corrected chi connectivity index (χ0v) is 12.8. The minimum atomic E-state index is -0.512. The number of nitrogens with zero attached hydrogens (tertiary/aromatic N) is 2. The number of hydrogen-bond acceptors (Lipinski definition) is 5. The van der Waals surface area contributed by atoms with E-state index in [4.69, 9.17) is 10.5 Å². The number of nitrogens with two attached hydrogens (primary N) is 1. The van der Waals surface area contributed by atoms with Crippen LogP contribution in [0.5, 0.6) is 0 Å². The molecule has 1 aromatic carbocycles. The summed E-state index contributed by atoms with van der Waals surface area (Å²) in [5.74, 6) is 0.0723. The summed E-state index contributed by atoms with van der Waals surface area (Å²) in [7, 11) is 0. The molecule has 6 heteroatoms. The van der Waals surface area contributed by atoms with Crippen LogP contribution >= 0.6 is 15.9 Å². The first-order valence-electron chi connectivity index (χ1n) is 6.09. The van der Waals surface area contributed by atoms with Crippen molar-refractivity contribution in [3.05, 3.63) is 40.0 Å². The molecule has 0 amide bonds. The number of rotatable bonds is 3. The van der Waals surface area contributed by atoms with Gasteiger partial charge in [-0.05, 0) is 25.5 Å². The van der Waals surface area contributed by atoms with Crippen LogP contribution in [0, 0.1) is 6.92 Å². The number of carbonyl (C=O) groups excluding carboxylic acids is 1. The first kappa shape index (κ1) is 14.5. The molecule has 0 unspecified atom stereocenters. The van der Waals surface area contributed by atoms with Crippen LogP contribution in [-0.4, -0.2) is 22.5 Å². The van der Waals surface area contributed by atoms with Crippen molar-refractivity contribution in [1.82, 2.24) is 9.97 Å². The van der Waals surface area contributed by atoms with Gasteiger partial charge in [-0.2, -0.15) is 0 Å². The third-order valence-corrected chi connectivity index (χ3v) is 3.60. The maximum absolute atomic E-state index is 11.6. The number of ether oxygens (including phenoxy) is 1. The van der Waals surface area contributed by atoms with Crippen molar-refractivity contribution in [2.45, 2.75) is 13.8 Å². The van der Waals surface area contributed by atoms with E-state index >= 15 is 0 Å². The molecule has 1 aromatic heterocycles. The molecule has 0 aliphatic heterocycles. The highest BCUT2D eigenvalue weighted by molar-refractivity contribution is 9.10. The Bertz CT molecular complexity index is 659. The van der Waals surface area contributed by atoms with Gasteiger partial charge in [-0.25, -0.2) is 14.8 Å². The van der Waals surface area contributed by atoms with Crippen molar-refractivity contribution in [3.8, 4) is 11.4 Å². The lowest BCUT2D eigenvalue weighted by Gasteiger charge is -2.07. The number of aromatic nitrogens is 2. The van der Waals surface area contributed by atoms with Crippen LogP contribution in [0.3, 0.4) is 0 Å². The first-order valence-corrected chi connectivity index (χ1v) is 6.88. The largest absolute Gasteiger partial charge is 0.462 e.